The maximum absolute atomic E-state index is 12.6. The molecule has 0 aliphatic rings. The highest BCUT2D eigenvalue weighted by Gasteiger charge is 2.20. The van der Waals surface area contributed by atoms with Crippen LogP contribution in [-0.4, -0.2) is 30.6 Å². The van der Waals surface area contributed by atoms with Crippen molar-refractivity contribution in [1.29, 1.82) is 0 Å². The minimum atomic E-state index is 0.170. The fourth-order valence-corrected chi connectivity index (χ4v) is 3.71. The first-order valence-corrected chi connectivity index (χ1v) is 11.0. The Bertz CT molecular complexity index is 766. The summed E-state index contributed by atoms with van der Waals surface area (Å²) in [5, 5.41) is 0. The maximum Gasteiger partial charge on any atom is 0.222 e. The molecule has 0 aromatic heterocycles. The number of rotatable bonds is 11. The number of carbonyl (C=O) groups excluding carboxylic acids is 1. The van der Waals surface area contributed by atoms with E-state index < -0.39 is 0 Å². The number of methoxy groups -OCH3 is 1. The molecular formula is C26H37NO3. The van der Waals surface area contributed by atoms with Gasteiger partial charge in [0.05, 0.1) is 13.2 Å². The lowest BCUT2D eigenvalue weighted by molar-refractivity contribution is -0.131. The van der Waals surface area contributed by atoms with E-state index in [1.54, 1.807) is 7.11 Å². The molecule has 0 unspecified atom stereocenters. The lowest BCUT2D eigenvalue weighted by Gasteiger charge is -2.27. The predicted molar refractivity (Wildman–Crippen MR) is 123 cm³/mol. The minimum absolute atomic E-state index is 0.170. The van der Waals surface area contributed by atoms with Crippen LogP contribution in [0.15, 0.2) is 48.5 Å². The van der Waals surface area contributed by atoms with Gasteiger partial charge < -0.3 is 14.4 Å². The van der Waals surface area contributed by atoms with Crippen molar-refractivity contribution in [2.24, 2.45) is 5.92 Å². The molecule has 0 heterocycles. The third-order valence-corrected chi connectivity index (χ3v) is 5.38. The highest BCUT2D eigenvalue weighted by Crippen LogP contribution is 2.30. The molecule has 4 heteroatoms. The lowest BCUT2D eigenvalue weighted by atomic mass is 9.85. The molecular weight excluding hydrogens is 374 g/mol. The van der Waals surface area contributed by atoms with Gasteiger partial charge in [0.1, 0.15) is 11.5 Å². The van der Waals surface area contributed by atoms with Crippen LogP contribution < -0.4 is 9.47 Å². The van der Waals surface area contributed by atoms with E-state index in [2.05, 4.69) is 38.1 Å². The Kier molecular flexibility index (Phi) is 9.22. The first-order chi connectivity index (χ1) is 14.3. The number of benzene rings is 2. The van der Waals surface area contributed by atoms with Crippen molar-refractivity contribution in [3.8, 4) is 11.5 Å². The Morgan fingerprint density at radius 1 is 0.933 bits per heavy atom. The molecule has 0 aliphatic heterocycles. The molecule has 0 fully saturated rings. The Hall–Kier alpha value is -2.49. The molecule has 1 atom stereocenters. The van der Waals surface area contributed by atoms with Gasteiger partial charge in [0, 0.05) is 19.5 Å². The summed E-state index contributed by atoms with van der Waals surface area (Å²) in [7, 11) is 1.66. The number of nitrogens with zero attached hydrogens (tertiary/aromatic N) is 1. The summed E-state index contributed by atoms with van der Waals surface area (Å²) >= 11 is 0. The number of hydrogen-bond acceptors (Lipinski definition) is 3. The molecule has 164 valence electrons. The van der Waals surface area contributed by atoms with Gasteiger partial charge in [-0.2, -0.15) is 0 Å². The van der Waals surface area contributed by atoms with E-state index in [-0.39, 0.29) is 12.0 Å². The Labute approximate surface area is 182 Å². The summed E-state index contributed by atoms with van der Waals surface area (Å²) in [5.74, 6) is 2.80. The second kappa shape index (κ2) is 11.6. The van der Waals surface area contributed by atoms with E-state index in [0.29, 0.717) is 24.8 Å². The number of carbonyl (C=O) groups is 1. The quantitative estimate of drug-likeness (QED) is 0.452. The molecule has 30 heavy (non-hydrogen) atoms. The van der Waals surface area contributed by atoms with Gasteiger partial charge in [-0.15, -0.1) is 0 Å². The van der Waals surface area contributed by atoms with Crippen molar-refractivity contribution in [3.05, 3.63) is 59.7 Å². The fourth-order valence-electron chi connectivity index (χ4n) is 3.71. The summed E-state index contributed by atoms with van der Waals surface area (Å²) in [5.41, 5.74) is 2.42. The highest BCUT2D eigenvalue weighted by atomic mass is 16.5. The largest absolute Gasteiger partial charge is 0.497 e. The SMILES string of the molecule is CCC(=O)N(CC[C@@H](c1ccc(OC(C)C)cc1)C(C)C)Cc1ccc(OC)cc1. The first-order valence-electron chi connectivity index (χ1n) is 11.0. The Morgan fingerprint density at radius 3 is 2.03 bits per heavy atom. The molecule has 0 saturated heterocycles. The standard InChI is InChI=1S/C26H37NO3/c1-7-26(28)27(18-21-8-12-23(29-6)13-9-21)17-16-25(19(2)3)22-10-14-24(15-11-22)30-20(4)5/h8-15,19-20,25H,7,16-18H2,1-6H3/t25-/m1/s1. The van der Waals surface area contributed by atoms with Crippen LogP contribution in [0.25, 0.3) is 0 Å². The van der Waals surface area contributed by atoms with E-state index >= 15 is 0 Å². The minimum Gasteiger partial charge on any atom is -0.497 e. The zero-order chi connectivity index (χ0) is 22.1. The van der Waals surface area contributed by atoms with E-state index in [1.807, 2.05) is 49.9 Å². The van der Waals surface area contributed by atoms with Gasteiger partial charge in [-0.05, 0) is 67.5 Å². The van der Waals surface area contributed by atoms with Gasteiger partial charge in [0.15, 0.2) is 0 Å². The number of ether oxygens (including phenoxy) is 2. The van der Waals surface area contributed by atoms with Gasteiger partial charge in [-0.3, -0.25) is 4.79 Å². The van der Waals surface area contributed by atoms with Crippen molar-refractivity contribution in [2.45, 2.75) is 66.0 Å². The summed E-state index contributed by atoms with van der Waals surface area (Å²) in [4.78, 5) is 14.6. The first kappa shape index (κ1) is 23.8. The lowest BCUT2D eigenvalue weighted by Crippen LogP contribution is -2.32. The third kappa shape index (κ3) is 7.08. The third-order valence-electron chi connectivity index (χ3n) is 5.38. The molecule has 2 aromatic carbocycles. The van der Waals surface area contributed by atoms with Gasteiger partial charge in [0.2, 0.25) is 5.91 Å². The van der Waals surface area contributed by atoms with Crippen molar-refractivity contribution in [2.75, 3.05) is 13.7 Å². The molecule has 1 amide bonds. The molecule has 0 saturated carbocycles. The average molecular weight is 412 g/mol. The van der Waals surface area contributed by atoms with Gasteiger partial charge in [-0.25, -0.2) is 0 Å². The second-order valence-electron chi connectivity index (χ2n) is 8.39. The highest BCUT2D eigenvalue weighted by molar-refractivity contribution is 5.75. The Balaban J connectivity index is 2.08. The number of hydrogen-bond donors (Lipinski definition) is 0. The molecule has 0 spiro atoms. The summed E-state index contributed by atoms with van der Waals surface area (Å²) in [6.45, 7) is 11.9. The molecule has 0 radical (unpaired) electrons. The molecule has 2 aromatic rings. The zero-order valence-corrected chi connectivity index (χ0v) is 19.4. The normalized spacial score (nSPS) is 12.1. The summed E-state index contributed by atoms with van der Waals surface area (Å²) < 4.78 is 11.0. The van der Waals surface area contributed by atoms with Crippen LogP contribution in [0.1, 0.15) is 64.5 Å². The van der Waals surface area contributed by atoms with Crippen LogP contribution in [0.4, 0.5) is 0 Å². The monoisotopic (exact) mass is 411 g/mol. The van der Waals surface area contributed by atoms with E-state index in [0.717, 1.165) is 30.0 Å². The van der Waals surface area contributed by atoms with Crippen LogP contribution in [0.3, 0.4) is 0 Å². The molecule has 4 nitrogen and oxygen atoms in total. The van der Waals surface area contributed by atoms with E-state index in [1.165, 1.54) is 5.56 Å². The summed E-state index contributed by atoms with van der Waals surface area (Å²) in [6, 6.07) is 16.4. The van der Waals surface area contributed by atoms with Crippen LogP contribution in [0, 0.1) is 5.92 Å². The van der Waals surface area contributed by atoms with Gasteiger partial charge in [-0.1, -0.05) is 45.0 Å². The Morgan fingerprint density at radius 2 is 1.53 bits per heavy atom. The van der Waals surface area contributed by atoms with Gasteiger partial charge in [0.25, 0.3) is 0 Å². The molecule has 2 rings (SSSR count). The van der Waals surface area contributed by atoms with Gasteiger partial charge >= 0.3 is 0 Å². The maximum atomic E-state index is 12.6. The molecule has 0 bridgehead atoms. The van der Waals surface area contributed by atoms with Crippen LogP contribution in [0.2, 0.25) is 0 Å². The smallest absolute Gasteiger partial charge is 0.222 e. The van der Waals surface area contributed by atoms with E-state index in [4.69, 9.17) is 9.47 Å². The van der Waals surface area contributed by atoms with E-state index in [9.17, 15) is 4.79 Å². The fraction of sp³-hybridized carbons (Fsp3) is 0.500. The topological polar surface area (TPSA) is 38.8 Å². The predicted octanol–water partition coefficient (Wildman–Crippen LogP) is 6.05. The van der Waals surface area contributed by atoms with Crippen molar-refractivity contribution in [1.82, 2.24) is 4.90 Å². The second-order valence-corrected chi connectivity index (χ2v) is 8.39. The zero-order valence-electron chi connectivity index (χ0n) is 19.4. The van der Waals surface area contributed by atoms with Crippen molar-refractivity contribution in [3.63, 3.8) is 0 Å². The number of amides is 1. The summed E-state index contributed by atoms with van der Waals surface area (Å²) in [6.07, 6.45) is 1.62. The molecule has 0 N–H and O–H groups in total. The van der Waals surface area contributed by atoms with Crippen LogP contribution in [0.5, 0.6) is 11.5 Å². The van der Waals surface area contributed by atoms with Crippen LogP contribution in [-0.2, 0) is 11.3 Å². The molecule has 0 aliphatic carbocycles. The average Bonchev–Trinajstić information content (AvgIpc) is 2.73. The van der Waals surface area contributed by atoms with Crippen molar-refractivity contribution >= 4 is 5.91 Å². The van der Waals surface area contributed by atoms with Crippen LogP contribution >= 0.6 is 0 Å². The van der Waals surface area contributed by atoms with Crippen molar-refractivity contribution < 1.29 is 14.3 Å².